The zero-order chi connectivity index (χ0) is 18.3. The average molecular weight is 389 g/mol. The Morgan fingerprint density at radius 1 is 1.42 bits per heavy atom. The first-order valence-corrected chi connectivity index (χ1v) is 9.44. The summed E-state index contributed by atoms with van der Waals surface area (Å²) in [4.78, 5) is 14.9. The van der Waals surface area contributed by atoms with E-state index in [2.05, 4.69) is 15.6 Å². The van der Waals surface area contributed by atoms with Crippen molar-refractivity contribution in [2.24, 2.45) is 5.10 Å². The molecule has 1 amide bonds. The Labute approximate surface area is 159 Å². The molecular formula is C18H17ClN4O2S. The Bertz CT molecular complexity index is 1020. The van der Waals surface area contributed by atoms with Gasteiger partial charge >= 0.3 is 0 Å². The summed E-state index contributed by atoms with van der Waals surface area (Å²) in [7, 11) is 0. The minimum atomic E-state index is -0.338. The third-order valence-corrected chi connectivity index (χ3v) is 5.65. The second kappa shape index (κ2) is 6.74. The number of hydrogen-bond acceptors (Lipinski definition) is 6. The van der Waals surface area contributed by atoms with Crippen LogP contribution in [-0.4, -0.2) is 50.1 Å². The summed E-state index contributed by atoms with van der Waals surface area (Å²) < 4.78 is 5.32. The molecule has 2 aliphatic heterocycles. The Balaban J connectivity index is 1.54. The van der Waals surface area contributed by atoms with Crippen molar-refractivity contribution < 1.29 is 9.90 Å². The molecule has 1 atom stereocenters. The molecule has 26 heavy (non-hydrogen) atoms. The largest absolute Gasteiger partial charge is 0.507 e. The van der Waals surface area contributed by atoms with Crippen molar-refractivity contribution >= 4 is 47.0 Å². The summed E-state index contributed by atoms with van der Waals surface area (Å²) in [5.41, 5.74) is 1.25. The highest BCUT2D eigenvalue weighted by Gasteiger charge is 2.29. The van der Waals surface area contributed by atoms with E-state index in [1.807, 2.05) is 24.2 Å². The maximum atomic E-state index is 12.9. The van der Waals surface area contributed by atoms with Crippen molar-refractivity contribution in [3.05, 3.63) is 44.7 Å². The molecule has 2 aliphatic rings. The van der Waals surface area contributed by atoms with Crippen molar-refractivity contribution in [2.45, 2.75) is 19.4 Å². The van der Waals surface area contributed by atoms with Crippen LogP contribution in [0.3, 0.4) is 0 Å². The van der Waals surface area contributed by atoms with Gasteiger partial charge in [-0.1, -0.05) is 11.6 Å². The SMILES string of the molecule is CC(C(=O)N1CCC(c2cc(Cl)ccc2O)=N1)N1C=c2cnsc2=CC1. The van der Waals surface area contributed by atoms with Gasteiger partial charge in [-0.2, -0.15) is 9.47 Å². The zero-order valence-corrected chi connectivity index (χ0v) is 15.7. The van der Waals surface area contributed by atoms with E-state index in [9.17, 15) is 9.90 Å². The van der Waals surface area contributed by atoms with E-state index in [1.54, 1.807) is 12.1 Å². The van der Waals surface area contributed by atoms with E-state index in [1.165, 1.54) is 22.6 Å². The summed E-state index contributed by atoms with van der Waals surface area (Å²) in [6.07, 6.45) is 6.46. The molecule has 0 aliphatic carbocycles. The number of benzene rings is 1. The quantitative estimate of drug-likeness (QED) is 0.862. The molecule has 134 valence electrons. The molecule has 3 heterocycles. The maximum absolute atomic E-state index is 12.9. The van der Waals surface area contributed by atoms with Crippen LogP contribution in [-0.2, 0) is 4.79 Å². The molecule has 0 fully saturated rings. The van der Waals surface area contributed by atoms with Gasteiger partial charge in [0.15, 0.2) is 0 Å². The number of phenols is 1. The summed E-state index contributed by atoms with van der Waals surface area (Å²) in [6, 6.07) is 4.50. The van der Waals surface area contributed by atoms with E-state index in [-0.39, 0.29) is 17.7 Å². The molecule has 1 aromatic carbocycles. The number of carbonyl (C=O) groups is 1. The maximum Gasteiger partial charge on any atom is 0.265 e. The average Bonchev–Trinajstić information content (AvgIpc) is 3.31. The van der Waals surface area contributed by atoms with E-state index in [4.69, 9.17) is 11.6 Å². The number of rotatable bonds is 3. The molecule has 1 unspecified atom stereocenters. The molecule has 0 radical (unpaired) electrons. The highest BCUT2D eigenvalue weighted by atomic mass is 35.5. The Hall–Kier alpha value is -2.38. The number of fused-ring (bicyclic) bond motifs is 1. The number of hydrogen-bond donors (Lipinski definition) is 1. The smallest absolute Gasteiger partial charge is 0.265 e. The van der Waals surface area contributed by atoms with Crippen LogP contribution < -0.4 is 9.75 Å². The molecule has 6 nitrogen and oxygen atoms in total. The number of phenolic OH excluding ortho intramolecular Hbond substituents is 1. The number of hydrazone groups is 1. The second-order valence-electron chi connectivity index (χ2n) is 6.27. The molecule has 0 bridgehead atoms. The van der Waals surface area contributed by atoms with E-state index >= 15 is 0 Å². The molecule has 4 rings (SSSR count). The van der Waals surface area contributed by atoms with Gasteiger partial charge in [-0.3, -0.25) is 4.79 Å². The fourth-order valence-electron chi connectivity index (χ4n) is 3.10. The minimum Gasteiger partial charge on any atom is -0.507 e. The van der Waals surface area contributed by atoms with E-state index in [0.29, 0.717) is 35.8 Å². The van der Waals surface area contributed by atoms with E-state index < -0.39 is 0 Å². The Morgan fingerprint density at radius 3 is 3.12 bits per heavy atom. The van der Waals surface area contributed by atoms with Crippen LogP contribution in [0.1, 0.15) is 18.9 Å². The zero-order valence-electron chi connectivity index (χ0n) is 14.1. The van der Waals surface area contributed by atoms with Crippen LogP contribution in [0, 0.1) is 0 Å². The van der Waals surface area contributed by atoms with Crippen LogP contribution in [0.2, 0.25) is 5.02 Å². The first kappa shape index (κ1) is 17.1. The summed E-state index contributed by atoms with van der Waals surface area (Å²) in [5, 5.41) is 17.5. The standard InChI is InChI=1S/C18H17ClN4O2S/c1-11(22-6-5-17-12(10-22)9-20-26-17)18(25)23-7-4-15(21-23)14-8-13(19)2-3-16(14)24/h2-3,5,8-11,24H,4,6-7H2,1H3. The van der Waals surface area contributed by atoms with Crippen molar-refractivity contribution in [3.63, 3.8) is 0 Å². The fraction of sp³-hybridized carbons (Fsp3) is 0.278. The first-order chi connectivity index (χ1) is 12.5. The van der Waals surface area contributed by atoms with Crippen LogP contribution >= 0.6 is 23.1 Å². The lowest BCUT2D eigenvalue weighted by Crippen LogP contribution is -2.45. The van der Waals surface area contributed by atoms with Gasteiger partial charge in [-0.15, -0.1) is 0 Å². The molecule has 0 saturated carbocycles. The number of amides is 1. The van der Waals surface area contributed by atoms with Crippen LogP contribution in [0.4, 0.5) is 0 Å². The van der Waals surface area contributed by atoms with Crippen LogP contribution in [0.5, 0.6) is 5.75 Å². The highest BCUT2D eigenvalue weighted by molar-refractivity contribution is 7.03. The summed E-state index contributed by atoms with van der Waals surface area (Å²) in [5.74, 6) is 0.0461. The lowest BCUT2D eigenvalue weighted by Gasteiger charge is -2.28. The van der Waals surface area contributed by atoms with Gasteiger partial charge in [-0.25, -0.2) is 5.01 Å². The van der Waals surface area contributed by atoms with Crippen molar-refractivity contribution in [1.82, 2.24) is 14.3 Å². The predicted octanol–water partition coefficient (Wildman–Crippen LogP) is 1.36. The van der Waals surface area contributed by atoms with Gasteiger partial charge in [0.2, 0.25) is 0 Å². The monoisotopic (exact) mass is 388 g/mol. The van der Waals surface area contributed by atoms with Crippen molar-refractivity contribution in [2.75, 3.05) is 13.1 Å². The van der Waals surface area contributed by atoms with Gasteiger partial charge in [-0.05, 0) is 42.7 Å². The third-order valence-electron chi connectivity index (χ3n) is 4.60. The number of nitrogens with zero attached hydrogens (tertiary/aromatic N) is 4. The van der Waals surface area contributed by atoms with Gasteiger partial charge < -0.3 is 10.0 Å². The normalized spacial score (nSPS) is 17.2. The molecule has 2 aromatic rings. The van der Waals surface area contributed by atoms with Crippen LogP contribution in [0.25, 0.3) is 12.3 Å². The lowest BCUT2D eigenvalue weighted by atomic mass is 10.1. The second-order valence-corrected chi connectivity index (χ2v) is 7.54. The van der Waals surface area contributed by atoms with Gasteiger partial charge in [0.1, 0.15) is 11.8 Å². The lowest BCUT2D eigenvalue weighted by molar-refractivity contribution is -0.134. The summed E-state index contributed by atoms with van der Waals surface area (Å²) >= 11 is 7.47. The third kappa shape index (κ3) is 3.08. The van der Waals surface area contributed by atoms with Crippen molar-refractivity contribution in [3.8, 4) is 5.75 Å². The fourth-order valence-corrected chi connectivity index (χ4v) is 3.91. The van der Waals surface area contributed by atoms with E-state index in [0.717, 1.165) is 9.75 Å². The van der Waals surface area contributed by atoms with Crippen molar-refractivity contribution in [1.29, 1.82) is 0 Å². The number of aromatic nitrogens is 1. The molecule has 1 aromatic heterocycles. The minimum absolute atomic E-state index is 0.0715. The number of carbonyl (C=O) groups excluding carboxylic acids is 1. The molecular weight excluding hydrogens is 372 g/mol. The van der Waals surface area contributed by atoms with Gasteiger partial charge in [0.05, 0.1) is 16.8 Å². The highest BCUT2D eigenvalue weighted by Crippen LogP contribution is 2.26. The van der Waals surface area contributed by atoms with Gasteiger partial charge in [0, 0.05) is 41.2 Å². The number of aromatic hydroxyl groups is 1. The molecule has 0 saturated heterocycles. The first-order valence-electron chi connectivity index (χ1n) is 8.29. The van der Waals surface area contributed by atoms with Gasteiger partial charge in [0.25, 0.3) is 5.91 Å². The molecule has 1 N–H and O–H groups in total. The molecule has 8 heteroatoms. The Morgan fingerprint density at radius 2 is 2.27 bits per heavy atom. The molecule has 0 spiro atoms. The Kier molecular flexibility index (Phi) is 4.42. The van der Waals surface area contributed by atoms with Crippen LogP contribution in [0.15, 0.2) is 29.5 Å². The number of halogens is 1. The predicted molar refractivity (Wildman–Crippen MR) is 102 cm³/mol. The summed E-state index contributed by atoms with van der Waals surface area (Å²) in [6.45, 7) is 3.04. The topological polar surface area (TPSA) is 69.0 Å².